The summed E-state index contributed by atoms with van der Waals surface area (Å²) >= 11 is 0. The fourth-order valence-corrected chi connectivity index (χ4v) is 3.04. The number of nitro groups is 1. The molecule has 0 radical (unpaired) electrons. The van der Waals surface area contributed by atoms with Crippen molar-refractivity contribution in [3.8, 4) is 0 Å². The van der Waals surface area contributed by atoms with Crippen molar-refractivity contribution in [2.45, 2.75) is 26.1 Å². The van der Waals surface area contributed by atoms with E-state index in [1.165, 1.54) is 0 Å². The van der Waals surface area contributed by atoms with Crippen molar-refractivity contribution in [3.05, 3.63) is 58.3 Å². The van der Waals surface area contributed by atoms with Crippen molar-refractivity contribution in [2.75, 3.05) is 18.5 Å². The zero-order valence-electron chi connectivity index (χ0n) is 16.3. The quantitative estimate of drug-likeness (QED) is 0.245. The van der Waals surface area contributed by atoms with E-state index < -0.39 is 28.3 Å². The normalized spacial score (nSPS) is 11.5. The van der Waals surface area contributed by atoms with Crippen molar-refractivity contribution in [1.82, 2.24) is 14.5 Å². The number of nitrogens with zero attached hydrogens (tertiary/aromatic N) is 4. The topological polar surface area (TPSA) is 112 Å². The zero-order valence-corrected chi connectivity index (χ0v) is 16.3. The maximum absolute atomic E-state index is 13.4. The Morgan fingerprint density at radius 1 is 1.35 bits per heavy atom. The Labute approximate surface area is 174 Å². The van der Waals surface area contributed by atoms with Crippen molar-refractivity contribution >= 4 is 28.2 Å². The predicted molar refractivity (Wildman–Crippen MR) is 105 cm³/mol. The number of carbonyl (C=O) groups is 1. The van der Waals surface area contributed by atoms with Crippen LogP contribution in [0.4, 0.5) is 24.5 Å². The number of hydrogen-bond acceptors (Lipinski definition) is 7. The summed E-state index contributed by atoms with van der Waals surface area (Å²) in [6, 6.07) is 1.18. The first kappa shape index (κ1) is 22.0. The number of esters is 1. The number of halogens is 3. The first-order chi connectivity index (χ1) is 14.7. The number of alkyl halides is 3. The van der Waals surface area contributed by atoms with Crippen molar-refractivity contribution < 1.29 is 27.6 Å². The van der Waals surface area contributed by atoms with Gasteiger partial charge in [0.2, 0.25) is 0 Å². The summed E-state index contributed by atoms with van der Waals surface area (Å²) in [7, 11) is 0. The van der Waals surface area contributed by atoms with Crippen LogP contribution in [-0.4, -0.2) is 38.6 Å². The molecule has 0 bridgehead atoms. The number of benzene rings is 1. The van der Waals surface area contributed by atoms with E-state index in [2.05, 4.69) is 15.3 Å². The van der Waals surface area contributed by atoms with Gasteiger partial charge in [0.15, 0.2) is 0 Å². The lowest BCUT2D eigenvalue weighted by molar-refractivity contribution is -0.383. The van der Waals surface area contributed by atoms with Crippen LogP contribution in [0.3, 0.4) is 0 Å². The molecule has 0 unspecified atom stereocenters. The highest BCUT2D eigenvalue weighted by molar-refractivity contribution is 6.07. The Hall–Kier alpha value is -3.70. The number of nitrogens with one attached hydrogen (secondary N) is 1. The van der Waals surface area contributed by atoms with E-state index in [1.54, 1.807) is 25.6 Å². The molecule has 0 fully saturated rings. The number of anilines is 1. The van der Waals surface area contributed by atoms with Crippen LogP contribution in [0, 0.1) is 10.1 Å². The van der Waals surface area contributed by atoms with Crippen LogP contribution < -0.4 is 5.32 Å². The van der Waals surface area contributed by atoms with Crippen LogP contribution in [0.1, 0.15) is 29.3 Å². The number of fused-ring (bicyclic) bond motifs is 1. The highest BCUT2D eigenvalue weighted by Gasteiger charge is 2.34. The summed E-state index contributed by atoms with van der Waals surface area (Å²) in [6.45, 7) is 2.46. The van der Waals surface area contributed by atoms with E-state index in [9.17, 15) is 28.1 Å². The Morgan fingerprint density at radius 2 is 2.13 bits per heavy atom. The van der Waals surface area contributed by atoms with Crippen molar-refractivity contribution in [1.29, 1.82) is 0 Å². The van der Waals surface area contributed by atoms with E-state index in [-0.39, 0.29) is 35.3 Å². The van der Waals surface area contributed by atoms with Gasteiger partial charge in [-0.1, -0.05) is 0 Å². The molecule has 164 valence electrons. The molecule has 0 aliphatic rings. The van der Waals surface area contributed by atoms with Gasteiger partial charge in [0.05, 0.1) is 29.1 Å². The summed E-state index contributed by atoms with van der Waals surface area (Å²) in [5.74, 6) is -0.797. The van der Waals surface area contributed by atoms with Crippen molar-refractivity contribution in [2.24, 2.45) is 0 Å². The molecule has 0 aliphatic carbocycles. The van der Waals surface area contributed by atoms with Gasteiger partial charge in [-0.05, 0) is 19.4 Å². The molecule has 12 heteroatoms. The van der Waals surface area contributed by atoms with Crippen LogP contribution in [0.15, 0.2) is 37.1 Å². The molecule has 9 nitrogen and oxygen atoms in total. The van der Waals surface area contributed by atoms with E-state index >= 15 is 0 Å². The van der Waals surface area contributed by atoms with Gasteiger partial charge in [0.1, 0.15) is 11.1 Å². The smallest absolute Gasteiger partial charge is 0.416 e. The molecule has 0 saturated carbocycles. The standard InChI is InChI=1S/C19H18F3N5O4/c1-2-31-18(28)14-10-25-17-13(8-12(19(20,21)22)9-15(17)27(29)30)16(14)24-4-3-6-26-7-5-23-11-26/h5,7-11H,2-4,6H2,1H3,(H,24,25). The first-order valence-corrected chi connectivity index (χ1v) is 9.27. The molecule has 2 heterocycles. The molecule has 1 aromatic carbocycles. The largest absolute Gasteiger partial charge is 0.462 e. The second kappa shape index (κ2) is 8.98. The van der Waals surface area contributed by atoms with Gasteiger partial charge in [-0.2, -0.15) is 13.2 Å². The third-order valence-electron chi connectivity index (χ3n) is 4.42. The third kappa shape index (κ3) is 4.90. The van der Waals surface area contributed by atoms with Gasteiger partial charge >= 0.3 is 12.1 Å². The van der Waals surface area contributed by atoms with E-state index in [4.69, 9.17) is 4.74 Å². The van der Waals surface area contributed by atoms with Gasteiger partial charge in [-0.25, -0.2) is 14.8 Å². The molecule has 0 spiro atoms. The lowest BCUT2D eigenvalue weighted by atomic mass is 10.0. The number of non-ortho nitro benzene ring substituents is 1. The SMILES string of the molecule is CCOC(=O)c1cnc2c([N+](=O)[O-])cc(C(F)(F)F)cc2c1NCCCn1ccnc1. The molecule has 0 saturated heterocycles. The minimum atomic E-state index is -4.82. The highest BCUT2D eigenvalue weighted by Crippen LogP contribution is 2.39. The summed E-state index contributed by atoms with van der Waals surface area (Å²) in [6.07, 6.45) is 1.77. The molecular weight excluding hydrogens is 419 g/mol. The van der Waals surface area contributed by atoms with E-state index in [0.29, 0.717) is 19.0 Å². The molecule has 1 N–H and O–H groups in total. The molecule has 0 aliphatic heterocycles. The number of pyridine rings is 1. The summed E-state index contributed by atoms with van der Waals surface area (Å²) in [5.41, 5.74) is -2.38. The molecule has 31 heavy (non-hydrogen) atoms. The second-order valence-electron chi connectivity index (χ2n) is 6.49. The van der Waals surface area contributed by atoms with Gasteiger partial charge in [0.25, 0.3) is 5.69 Å². The lowest BCUT2D eigenvalue weighted by Gasteiger charge is -2.16. The predicted octanol–water partition coefficient (Wildman–Crippen LogP) is 4.04. The van der Waals surface area contributed by atoms with Gasteiger partial charge in [0, 0.05) is 43.1 Å². The zero-order chi connectivity index (χ0) is 22.6. The lowest BCUT2D eigenvalue weighted by Crippen LogP contribution is -2.14. The number of hydrogen-bond donors (Lipinski definition) is 1. The number of imidazole rings is 1. The Balaban J connectivity index is 2.08. The van der Waals surface area contributed by atoms with Crippen LogP contribution in [0.25, 0.3) is 10.9 Å². The molecule has 0 atom stereocenters. The van der Waals surface area contributed by atoms with Crippen LogP contribution in [0.5, 0.6) is 0 Å². The van der Waals surface area contributed by atoms with Crippen molar-refractivity contribution in [3.63, 3.8) is 0 Å². The average Bonchev–Trinajstić information content (AvgIpc) is 3.23. The number of carbonyl (C=O) groups excluding carboxylic acids is 1. The number of nitro benzene ring substituents is 1. The summed E-state index contributed by atoms with van der Waals surface area (Å²) in [5, 5.41) is 14.1. The third-order valence-corrected chi connectivity index (χ3v) is 4.42. The number of rotatable bonds is 8. The van der Waals surface area contributed by atoms with Crippen LogP contribution in [0.2, 0.25) is 0 Å². The first-order valence-electron chi connectivity index (χ1n) is 9.27. The molecule has 3 rings (SSSR count). The van der Waals surface area contributed by atoms with E-state index in [0.717, 1.165) is 12.3 Å². The maximum atomic E-state index is 13.4. The number of aryl methyl sites for hydroxylation is 1. The molecule has 0 amide bonds. The minimum absolute atomic E-state index is 0.00304. The Kier molecular flexibility index (Phi) is 6.37. The fourth-order valence-electron chi connectivity index (χ4n) is 3.04. The fraction of sp³-hybridized carbons (Fsp3) is 0.316. The molecular formula is C19H18F3N5O4. The van der Waals surface area contributed by atoms with Gasteiger partial charge in [-0.15, -0.1) is 0 Å². The second-order valence-corrected chi connectivity index (χ2v) is 6.49. The number of ether oxygens (including phenoxy) is 1. The van der Waals surface area contributed by atoms with Gasteiger partial charge < -0.3 is 14.6 Å². The maximum Gasteiger partial charge on any atom is 0.416 e. The molecule has 2 aromatic heterocycles. The summed E-state index contributed by atoms with van der Waals surface area (Å²) < 4.78 is 46.9. The van der Waals surface area contributed by atoms with Crippen LogP contribution in [-0.2, 0) is 17.5 Å². The Bertz CT molecular complexity index is 1100. The van der Waals surface area contributed by atoms with E-state index in [1.807, 2.05) is 4.57 Å². The Morgan fingerprint density at radius 3 is 2.74 bits per heavy atom. The highest BCUT2D eigenvalue weighted by atomic mass is 19.4. The summed E-state index contributed by atoms with van der Waals surface area (Å²) in [4.78, 5) is 30.6. The average molecular weight is 437 g/mol. The molecule has 3 aromatic rings. The number of aromatic nitrogens is 3. The monoisotopic (exact) mass is 437 g/mol. The van der Waals surface area contributed by atoms with Crippen LogP contribution >= 0.6 is 0 Å². The van der Waals surface area contributed by atoms with Gasteiger partial charge in [-0.3, -0.25) is 10.1 Å². The minimum Gasteiger partial charge on any atom is -0.462 e.